The third-order valence-electron chi connectivity index (χ3n) is 2.72. The largest absolute Gasteiger partial charge is 0.387 e. The molecule has 0 aliphatic heterocycles. The Bertz CT molecular complexity index is 564. The van der Waals surface area contributed by atoms with E-state index in [0.29, 0.717) is 5.82 Å². The van der Waals surface area contributed by atoms with Crippen LogP contribution in [-0.2, 0) is 0 Å². The predicted octanol–water partition coefficient (Wildman–Crippen LogP) is 2.62. The van der Waals surface area contributed by atoms with E-state index in [1.807, 2.05) is 36.7 Å². The maximum Gasteiger partial charge on any atom is 0.320 e. The molecule has 0 aliphatic carbocycles. The lowest BCUT2D eigenvalue weighted by Crippen LogP contribution is -2.32. The van der Waals surface area contributed by atoms with Gasteiger partial charge in [-0.25, -0.2) is 9.78 Å². The lowest BCUT2D eigenvalue weighted by Gasteiger charge is -2.11. The second-order valence-corrected chi connectivity index (χ2v) is 5.36. The number of anilines is 1. The number of pyridine rings is 1. The van der Waals surface area contributed by atoms with Gasteiger partial charge in [0, 0.05) is 12.2 Å². The van der Waals surface area contributed by atoms with Gasteiger partial charge in [-0.2, -0.15) is 11.3 Å². The molecular formula is C14H17N3O2S. The molecule has 0 spiro atoms. The van der Waals surface area contributed by atoms with Crippen LogP contribution in [0.2, 0.25) is 0 Å². The maximum absolute atomic E-state index is 11.7. The van der Waals surface area contributed by atoms with Gasteiger partial charge >= 0.3 is 6.03 Å². The zero-order valence-electron chi connectivity index (χ0n) is 11.4. The van der Waals surface area contributed by atoms with Crippen molar-refractivity contribution in [1.82, 2.24) is 10.3 Å². The maximum atomic E-state index is 11.7. The van der Waals surface area contributed by atoms with Crippen molar-refractivity contribution in [3.63, 3.8) is 0 Å². The van der Waals surface area contributed by atoms with Gasteiger partial charge in [0.15, 0.2) is 0 Å². The fourth-order valence-electron chi connectivity index (χ4n) is 1.84. The lowest BCUT2D eigenvalue weighted by molar-refractivity contribution is 0.175. The summed E-state index contributed by atoms with van der Waals surface area (Å²) in [7, 11) is 0. The standard InChI is InChI=1S/C14H17N3O2S/c1-9-5-10(2)16-13(6-9)17-14(19)15-7-12(18)11-3-4-20-8-11/h3-6,8,12,18H,7H2,1-2H3,(H2,15,16,17,19). The third kappa shape index (κ3) is 4.04. The van der Waals surface area contributed by atoms with Crippen LogP contribution in [0, 0.1) is 13.8 Å². The zero-order valence-corrected chi connectivity index (χ0v) is 12.2. The highest BCUT2D eigenvalue weighted by atomic mass is 32.1. The fraction of sp³-hybridized carbons (Fsp3) is 0.286. The molecule has 0 bridgehead atoms. The van der Waals surface area contributed by atoms with Gasteiger partial charge in [0.05, 0.1) is 6.10 Å². The molecule has 0 radical (unpaired) electrons. The lowest BCUT2D eigenvalue weighted by atomic mass is 10.2. The highest BCUT2D eigenvalue weighted by molar-refractivity contribution is 7.07. The van der Waals surface area contributed by atoms with Crippen molar-refractivity contribution < 1.29 is 9.90 Å². The SMILES string of the molecule is Cc1cc(C)nc(NC(=O)NCC(O)c2ccsc2)c1. The van der Waals surface area contributed by atoms with Crippen LogP contribution in [-0.4, -0.2) is 22.7 Å². The first kappa shape index (κ1) is 14.5. The molecule has 5 nitrogen and oxygen atoms in total. The molecule has 0 aromatic carbocycles. The van der Waals surface area contributed by atoms with Crippen LogP contribution in [0.15, 0.2) is 29.0 Å². The molecule has 0 aliphatic rings. The number of thiophene rings is 1. The molecule has 0 saturated heterocycles. The summed E-state index contributed by atoms with van der Waals surface area (Å²) < 4.78 is 0. The molecule has 2 rings (SSSR count). The van der Waals surface area contributed by atoms with Crippen LogP contribution in [0.25, 0.3) is 0 Å². The Morgan fingerprint density at radius 1 is 1.45 bits per heavy atom. The van der Waals surface area contributed by atoms with E-state index >= 15 is 0 Å². The van der Waals surface area contributed by atoms with Crippen LogP contribution in [0.5, 0.6) is 0 Å². The Labute approximate surface area is 121 Å². The zero-order chi connectivity index (χ0) is 14.5. The Hall–Kier alpha value is -1.92. The normalized spacial score (nSPS) is 11.9. The van der Waals surface area contributed by atoms with E-state index in [1.54, 1.807) is 6.07 Å². The number of rotatable bonds is 4. The van der Waals surface area contributed by atoms with Crippen molar-refractivity contribution in [2.45, 2.75) is 20.0 Å². The Kier molecular flexibility index (Phi) is 4.70. The van der Waals surface area contributed by atoms with Crippen LogP contribution in [0.4, 0.5) is 10.6 Å². The number of urea groups is 1. The molecule has 106 valence electrons. The molecular weight excluding hydrogens is 274 g/mol. The van der Waals surface area contributed by atoms with Crippen molar-refractivity contribution in [2.75, 3.05) is 11.9 Å². The van der Waals surface area contributed by atoms with E-state index in [4.69, 9.17) is 0 Å². The summed E-state index contributed by atoms with van der Waals surface area (Å²) in [5.74, 6) is 0.505. The van der Waals surface area contributed by atoms with E-state index < -0.39 is 6.10 Å². The van der Waals surface area contributed by atoms with Crippen LogP contribution in [0.3, 0.4) is 0 Å². The first-order chi connectivity index (χ1) is 9.54. The van der Waals surface area contributed by atoms with Crippen molar-refractivity contribution in [1.29, 1.82) is 0 Å². The van der Waals surface area contributed by atoms with Gasteiger partial charge in [-0.1, -0.05) is 0 Å². The van der Waals surface area contributed by atoms with Gasteiger partial charge in [0.1, 0.15) is 5.82 Å². The summed E-state index contributed by atoms with van der Waals surface area (Å²) in [6.45, 7) is 3.97. The quantitative estimate of drug-likeness (QED) is 0.810. The van der Waals surface area contributed by atoms with E-state index in [-0.39, 0.29) is 12.6 Å². The number of aliphatic hydroxyl groups is 1. The number of nitrogens with one attached hydrogen (secondary N) is 2. The third-order valence-corrected chi connectivity index (χ3v) is 3.42. The molecule has 0 fully saturated rings. The van der Waals surface area contributed by atoms with Crippen molar-refractivity contribution in [3.8, 4) is 0 Å². The number of aryl methyl sites for hydroxylation is 2. The number of nitrogens with zero attached hydrogens (tertiary/aromatic N) is 1. The second kappa shape index (κ2) is 6.49. The van der Waals surface area contributed by atoms with Gasteiger partial charge in [-0.15, -0.1) is 0 Å². The van der Waals surface area contributed by atoms with Gasteiger partial charge in [-0.05, 0) is 53.9 Å². The fourth-order valence-corrected chi connectivity index (χ4v) is 2.54. The van der Waals surface area contributed by atoms with Crippen LogP contribution in [0.1, 0.15) is 22.9 Å². The van der Waals surface area contributed by atoms with Gasteiger partial charge in [-0.3, -0.25) is 5.32 Å². The average molecular weight is 291 g/mol. The second-order valence-electron chi connectivity index (χ2n) is 4.58. The molecule has 6 heteroatoms. The van der Waals surface area contributed by atoms with E-state index in [0.717, 1.165) is 16.8 Å². The van der Waals surface area contributed by atoms with Crippen LogP contribution >= 0.6 is 11.3 Å². The van der Waals surface area contributed by atoms with E-state index in [2.05, 4.69) is 15.6 Å². The molecule has 2 heterocycles. The van der Waals surface area contributed by atoms with Crippen molar-refractivity contribution in [3.05, 3.63) is 45.8 Å². The van der Waals surface area contributed by atoms with Gasteiger partial charge < -0.3 is 10.4 Å². The molecule has 1 atom stereocenters. The molecule has 1 unspecified atom stereocenters. The summed E-state index contributed by atoms with van der Waals surface area (Å²) in [5, 5.41) is 18.9. The number of aromatic nitrogens is 1. The average Bonchev–Trinajstić information content (AvgIpc) is 2.88. The van der Waals surface area contributed by atoms with E-state index in [1.165, 1.54) is 11.3 Å². The monoisotopic (exact) mass is 291 g/mol. The summed E-state index contributed by atoms with van der Waals surface area (Å²) in [4.78, 5) is 16.0. The highest BCUT2D eigenvalue weighted by Crippen LogP contribution is 2.15. The minimum atomic E-state index is -0.695. The molecule has 2 aromatic rings. The van der Waals surface area contributed by atoms with Crippen molar-refractivity contribution in [2.24, 2.45) is 0 Å². The van der Waals surface area contributed by atoms with Gasteiger partial charge in [0.2, 0.25) is 0 Å². The Morgan fingerprint density at radius 3 is 2.90 bits per heavy atom. The van der Waals surface area contributed by atoms with Gasteiger partial charge in [0.25, 0.3) is 0 Å². The molecule has 20 heavy (non-hydrogen) atoms. The smallest absolute Gasteiger partial charge is 0.320 e. The summed E-state index contributed by atoms with van der Waals surface area (Å²) in [5.41, 5.74) is 2.68. The topological polar surface area (TPSA) is 74.2 Å². The molecule has 0 saturated carbocycles. The number of hydrogen-bond donors (Lipinski definition) is 3. The molecule has 3 N–H and O–H groups in total. The Morgan fingerprint density at radius 2 is 2.25 bits per heavy atom. The summed E-state index contributed by atoms with van der Waals surface area (Å²) in [6, 6.07) is 5.18. The molecule has 2 aromatic heterocycles. The van der Waals surface area contributed by atoms with Crippen molar-refractivity contribution >= 4 is 23.2 Å². The first-order valence-corrected chi connectivity index (χ1v) is 7.19. The predicted molar refractivity (Wildman–Crippen MR) is 80.0 cm³/mol. The number of amides is 2. The number of carbonyl (C=O) groups is 1. The highest BCUT2D eigenvalue weighted by Gasteiger charge is 2.10. The first-order valence-electron chi connectivity index (χ1n) is 6.25. The molecule has 2 amide bonds. The number of hydrogen-bond acceptors (Lipinski definition) is 4. The number of aliphatic hydroxyl groups excluding tert-OH is 1. The van der Waals surface area contributed by atoms with Crippen LogP contribution < -0.4 is 10.6 Å². The van der Waals surface area contributed by atoms with E-state index in [9.17, 15) is 9.90 Å². The minimum Gasteiger partial charge on any atom is -0.387 e. The minimum absolute atomic E-state index is 0.160. The number of carbonyl (C=O) groups excluding carboxylic acids is 1. The Balaban J connectivity index is 1.86. The summed E-state index contributed by atoms with van der Waals surface area (Å²) in [6.07, 6.45) is -0.695. The summed E-state index contributed by atoms with van der Waals surface area (Å²) >= 11 is 1.51.